The normalized spacial score (nSPS) is 19.7. The average molecular weight is 336 g/mol. The zero-order valence-electron chi connectivity index (χ0n) is 14.7. The molecule has 0 aromatic carbocycles. The third kappa shape index (κ3) is 2.95. The summed E-state index contributed by atoms with van der Waals surface area (Å²) in [7, 11) is 1.96. The molecular weight excluding hydrogens is 312 g/mol. The molecular formula is C19H24N6. The second-order valence-electron chi connectivity index (χ2n) is 7.55. The second-order valence-corrected chi connectivity index (χ2v) is 7.55. The monoisotopic (exact) mass is 336 g/mol. The van der Waals surface area contributed by atoms with Crippen molar-refractivity contribution in [3.8, 4) is 11.3 Å². The van der Waals surface area contributed by atoms with Gasteiger partial charge >= 0.3 is 0 Å². The quantitative estimate of drug-likeness (QED) is 0.735. The van der Waals surface area contributed by atoms with Crippen LogP contribution in [-0.2, 0) is 7.05 Å². The van der Waals surface area contributed by atoms with Crippen LogP contribution in [-0.4, -0.2) is 48.9 Å². The van der Waals surface area contributed by atoms with Gasteiger partial charge in [0.05, 0.1) is 5.69 Å². The smallest absolute Gasteiger partial charge is 0.155 e. The van der Waals surface area contributed by atoms with Crippen molar-refractivity contribution in [2.45, 2.75) is 31.6 Å². The highest BCUT2D eigenvalue weighted by Gasteiger charge is 2.28. The fourth-order valence-electron chi connectivity index (χ4n) is 3.92. The summed E-state index contributed by atoms with van der Waals surface area (Å²) in [6.45, 7) is 3.69. The molecule has 0 amide bonds. The third-order valence-electron chi connectivity index (χ3n) is 5.63. The van der Waals surface area contributed by atoms with Crippen LogP contribution in [0.15, 0.2) is 30.6 Å². The first-order valence-corrected chi connectivity index (χ1v) is 9.33. The molecule has 0 radical (unpaired) electrons. The Morgan fingerprint density at radius 1 is 1.08 bits per heavy atom. The van der Waals surface area contributed by atoms with Crippen molar-refractivity contribution >= 4 is 5.65 Å². The van der Waals surface area contributed by atoms with E-state index in [2.05, 4.69) is 28.3 Å². The van der Waals surface area contributed by atoms with Gasteiger partial charge in [-0.05, 0) is 62.9 Å². The number of nitrogens with zero attached hydrogens (tertiary/aromatic N) is 6. The number of fused-ring (bicyclic) bond motifs is 1. The van der Waals surface area contributed by atoms with Crippen LogP contribution in [0.4, 0.5) is 0 Å². The Labute approximate surface area is 147 Å². The van der Waals surface area contributed by atoms with E-state index in [1.165, 1.54) is 45.3 Å². The van der Waals surface area contributed by atoms with Gasteiger partial charge in [-0.25, -0.2) is 9.50 Å². The highest BCUT2D eigenvalue weighted by atomic mass is 15.3. The average Bonchev–Trinajstić information content (AvgIpc) is 3.17. The molecule has 0 atom stereocenters. The topological polar surface area (TPSA) is 51.2 Å². The van der Waals surface area contributed by atoms with Crippen LogP contribution in [0, 0.1) is 5.92 Å². The highest BCUT2D eigenvalue weighted by Crippen LogP contribution is 2.32. The molecule has 5 rings (SSSR count). The largest absolute Gasteiger partial charge is 0.303 e. The van der Waals surface area contributed by atoms with E-state index < -0.39 is 0 Å². The van der Waals surface area contributed by atoms with Crippen molar-refractivity contribution in [3.63, 3.8) is 0 Å². The first kappa shape index (κ1) is 15.1. The Balaban J connectivity index is 1.35. The first-order valence-electron chi connectivity index (χ1n) is 9.33. The van der Waals surface area contributed by atoms with E-state index in [4.69, 9.17) is 10.1 Å². The molecule has 1 aliphatic carbocycles. The number of piperidine rings is 1. The summed E-state index contributed by atoms with van der Waals surface area (Å²) in [5, 5.41) is 9.04. The standard InChI is InChI=1S/C19H24N6/c1-23-17(6-9-20-23)16-4-5-18-21-19(22-25(18)13-16)15-7-10-24(11-8-15)12-14-2-3-14/h4-6,9,13-15H,2-3,7-8,10-12H2,1H3. The van der Waals surface area contributed by atoms with E-state index in [0.29, 0.717) is 5.92 Å². The molecule has 1 aliphatic heterocycles. The molecule has 0 spiro atoms. The van der Waals surface area contributed by atoms with Gasteiger partial charge < -0.3 is 4.90 Å². The van der Waals surface area contributed by atoms with Crippen molar-refractivity contribution in [2.75, 3.05) is 19.6 Å². The van der Waals surface area contributed by atoms with Crippen molar-refractivity contribution in [2.24, 2.45) is 13.0 Å². The van der Waals surface area contributed by atoms with Gasteiger partial charge in [-0.2, -0.15) is 10.2 Å². The number of hydrogen-bond donors (Lipinski definition) is 0. The number of likely N-dealkylation sites (tertiary alicyclic amines) is 1. The van der Waals surface area contributed by atoms with Crippen LogP contribution >= 0.6 is 0 Å². The zero-order valence-corrected chi connectivity index (χ0v) is 14.7. The molecule has 6 nitrogen and oxygen atoms in total. The fourth-order valence-corrected chi connectivity index (χ4v) is 3.92. The lowest BCUT2D eigenvalue weighted by atomic mass is 9.96. The molecule has 3 aromatic rings. The van der Waals surface area contributed by atoms with Gasteiger partial charge in [0.1, 0.15) is 0 Å². The van der Waals surface area contributed by atoms with Gasteiger partial charge in [-0.3, -0.25) is 4.68 Å². The highest BCUT2D eigenvalue weighted by molar-refractivity contribution is 5.60. The SMILES string of the molecule is Cn1nccc1-c1ccc2nc(C3CCN(CC4CC4)CC3)nn2c1. The van der Waals surface area contributed by atoms with E-state index in [0.717, 1.165) is 28.6 Å². The Hall–Kier alpha value is -2.21. The van der Waals surface area contributed by atoms with E-state index in [1.807, 2.05) is 28.5 Å². The van der Waals surface area contributed by atoms with Gasteiger partial charge in [0.15, 0.2) is 11.5 Å². The molecule has 1 saturated heterocycles. The molecule has 4 heterocycles. The predicted octanol–water partition coefficient (Wildman–Crippen LogP) is 2.72. The summed E-state index contributed by atoms with van der Waals surface area (Å²) in [4.78, 5) is 7.42. The predicted molar refractivity (Wildman–Crippen MR) is 96.3 cm³/mol. The fraction of sp³-hybridized carbons (Fsp3) is 0.526. The summed E-state index contributed by atoms with van der Waals surface area (Å²) in [5.41, 5.74) is 3.14. The minimum atomic E-state index is 0.496. The summed E-state index contributed by atoms with van der Waals surface area (Å²) in [6.07, 6.45) is 9.11. The lowest BCUT2D eigenvalue weighted by Crippen LogP contribution is -2.34. The van der Waals surface area contributed by atoms with Crippen LogP contribution in [0.2, 0.25) is 0 Å². The maximum absolute atomic E-state index is 4.79. The van der Waals surface area contributed by atoms with Gasteiger partial charge in [-0.1, -0.05) is 0 Å². The van der Waals surface area contributed by atoms with Crippen LogP contribution in [0.25, 0.3) is 16.9 Å². The number of aryl methyl sites for hydroxylation is 1. The first-order chi connectivity index (χ1) is 12.3. The van der Waals surface area contributed by atoms with Gasteiger partial charge in [0.2, 0.25) is 0 Å². The molecule has 25 heavy (non-hydrogen) atoms. The van der Waals surface area contributed by atoms with Crippen molar-refractivity contribution in [3.05, 3.63) is 36.4 Å². The lowest BCUT2D eigenvalue weighted by Gasteiger charge is -2.30. The maximum Gasteiger partial charge on any atom is 0.155 e. The van der Waals surface area contributed by atoms with E-state index in [1.54, 1.807) is 0 Å². The van der Waals surface area contributed by atoms with Crippen molar-refractivity contribution < 1.29 is 0 Å². The summed E-state index contributed by atoms with van der Waals surface area (Å²) in [5.74, 6) is 2.49. The molecule has 2 fully saturated rings. The molecule has 1 saturated carbocycles. The zero-order chi connectivity index (χ0) is 16.8. The molecule has 0 N–H and O–H groups in total. The molecule has 0 bridgehead atoms. The molecule has 3 aromatic heterocycles. The summed E-state index contributed by atoms with van der Waals surface area (Å²) < 4.78 is 3.81. The summed E-state index contributed by atoms with van der Waals surface area (Å²) in [6, 6.07) is 6.18. The van der Waals surface area contributed by atoms with Gasteiger partial charge in [-0.15, -0.1) is 0 Å². The second kappa shape index (κ2) is 5.95. The van der Waals surface area contributed by atoms with E-state index in [9.17, 15) is 0 Å². The number of pyridine rings is 1. The summed E-state index contributed by atoms with van der Waals surface area (Å²) >= 11 is 0. The number of aromatic nitrogens is 5. The number of hydrogen-bond acceptors (Lipinski definition) is 4. The molecule has 130 valence electrons. The van der Waals surface area contributed by atoms with Crippen LogP contribution in [0.3, 0.4) is 0 Å². The van der Waals surface area contributed by atoms with Crippen LogP contribution in [0.1, 0.15) is 37.4 Å². The minimum Gasteiger partial charge on any atom is -0.303 e. The Kier molecular flexibility index (Phi) is 3.59. The Morgan fingerprint density at radius 2 is 1.92 bits per heavy atom. The lowest BCUT2D eigenvalue weighted by molar-refractivity contribution is 0.202. The Bertz CT molecular complexity index is 882. The Morgan fingerprint density at radius 3 is 2.64 bits per heavy atom. The van der Waals surface area contributed by atoms with Gasteiger partial charge in [0, 0.05) is 37.5 Å². The third-order valence-corrected chi connectivity index (χ3v) is 5.63. The van der Waals surface area contributed by atoms with Crippen molar-refractivity contribution in [1.29, 1.82) is 0 Å². The molecule has 0 unspecified atom stereocenters. The maximum atomic E-state index is 4.79. The number of rotatable bonds is 4. The molecule has 6 heteroatoms. The van der Waals surface area contributed by atoms with Gasteiger partial charge in [0.25, 0.3) is 0 Å². The van der Waals surface area contributed by atoms with Crippen LogP contribution < -0.4 is 0 Å². The van der Waals surface area contributed by atoms with Crippen molar-refractivity contribution in [1.82, 2.24) is 29.3 Å². The minimum absolute atomic E-state index is 0.496. The van der Waals surface area contributed by atoms with E-state index >= 15 is 0 Å². The molecule has 2 aliphatic rings. The van der Waals surface area contributed by atoms with Crippen LogP contribution in [0.5, 0.6) is 0 Å². The van der Waals surface area contributed by atoms with E-state index in [-0.39, 0.29) is 0 Å².